The minimum Gasteiger partial charge on any atom is -0.356 e. The van der Waals surface area contributed by atoms with Crippen molar-refractivity contribution in [1.82, 2.24) is 25.2 Å². The molecule has 0 fully saturated rings. The third-order valence-corrected chi connectivity index (χ3v) is 4.55. The van der Waals surface area contributed by atoms with E-state index in [2.05, 4.69) is 63.7 Å². The molecular formula is C22H28N6. The van der Waals surface area contributed by atoms with Gasteiger partial charge in [-0.15, -0.1) is 0 Å². The predicted octanol–water partition coefficient (Wildman–Crippen LogP) is 3.10. The highest BCUT2D eigenvalue weighted by molar-refractivity contribution is 5.79. The number of imidazole rings is 1. The van der Waals surface area contributed by atoms with Crippen LogP contribution in [0, 0.1) is 20.8 Å². The SMILES string of the molecule is CN=C(NCCc1cc(C)cc(C)c1)NCc1ccc(-n2ccnc2C)nc1. The average Bonchev–Trinajstić information content (AvgIpc) is 3.10. The quantitative estimate of drug-likeness (QED) is 0.512. The highest BCUT2D eigenvalue weighted by Crippen LogP contribution is 2.09. The number of nitrogens with zero attached hydrogens (tertiary/aromatic N) is 4. The number of nitrogens with one attached hydrogen (secondary N) is 2. The summed E-state index contributed by atoms with van der Waals surface area (Å²) in [6, 6.07) is 10.7. The zero-order chi connectivity index (χ0) is 19.9. The maximum Gasteiger partial charge on any atom is 0.191 e. The van der Waals surface area contributed by atoms with Crippen LogP contribution in [0.4, 0.5) is 0 Å². The Morgan fingerprint density at radius 3 is 2.39 bits per heavy atom. The van der Waals surface area contributed by atoms with Gasteiger partial charge in [0, 0.05) is 38.7 Å². The van der Waals surface area contributed by atoms with Gasteiger partial charge in [-0.25, -0.2) is 9.97 Å². The van der Waals surface area contributed by atoms with Crippen molar-refractivity contribution in [3.05, 3.63) is 77.0 Å². The molecule has 3 aromatic rings. The molecule has 0 aliphatic carbocycles. The van der Waals surface area contributed by atoms with Crippen molar-refractivity contribution < 1.29 is 0 Å². The summed E-state index contributed by atoms with van der Waals surface area (Å²) < 4.78 is 1.96. The highest BCUT2D eigenvalue weighted by Gasteiger charge is 2.03. The molecule has 6 heteroatoms. The van der Waals surface area contributed by atoms with Crippen molar-refractivity contribution in [3.63, 3.8) is 0 Å². The molecule has 0 aliphatic rings. The van der Waals surface area contributed by atoms with E-state index in [9.17, 15) is 0 Å². The van der Waals surface area contributed by atoms with Crippen molar-refractivity contribution in [1.29, 1.82) is 0 Å². The van der Waals surface area contributed by atoms with Crippen LogP contribution in [0.15, 0.2) is 53.9 Å². The Morgan fingerprint density at radius 1 is 1.00 bits per heavy atom. The molecule has 2 N–H and O–H groups in total. The summed E-state index contributed by atoms with van der Waals surface area (Å²) in [6.45, 7) is 7.74. The summed E-state index contributed by atoms with van der Waals surface area (Å²) in [6.07, 6.45) is 6.53. The van der Waals surface area contributed by atoms with E-state index in [0.717, 1.165) is 36.1 Å². The Bertz CT molecular complexity index is 920. The van der Waals surface area contributed by atoms with E-state index in [1.807, 2.05) is 30.0 Å². The fourth-order valence-corrected chi connectivity index (χ4v) is 3.23. The number of aliphatic imine (C=N–C) groups is 1. The Balaban J connectivity index is 1.49. The summed E-state index contributed by atoms with van der Waals surface area (Å²) >= 11 is 0. The second kappa shape index (κ2) is 9.17. The van der Waals surface area contributed by atoms with Crippen LogP contribution >= 0.6 is 0 Å². The fourth-order valence-electron chi connectivity index (χ4n) is 3.23. The summed E-state index contributed by atoms with van der Waals surface area (Å²) in [5.74, 6) is 2.58. The lowest BCUT2D eigenvalue weighted by Crippen LogP contribution is -2.37. The molecule has 0 amide bonds. The van der Waals surface area contributed by atoms with Gasteiger partial charge >= 0.3 is 0 Å². The average molecular weight is 377 g/mol. The molecule has 0 atom stereocenters. The van der Waals surface area contributed by atoms with Crippen LogP contribution in [-0.4, -0.2) is 34.1 Å². The zero-order valence-electron chi connectivity index (χ0n) is 17.0. The number of aromatic nitrogens is 3. The van der Waals surface area contributed by atoms with E-state index in [4.69, 9.17) is 0 Å². The highest BCUT2D eigenvalue weighted by atomic mass is 15.2. The lowest BCUT2D eigenvalue weighted by Gasteiger charge is -2.13. The smallest absolute Gasteiger partial charge is 0.191 e. The molecule has 2 heterocycles. The molecule has 2 aromatic heterocycles. The second-order valence-corrected chi connectivity index (χ2v) is 6.97. The number of pyridine rings is 1. The molecule has 0 spiro atoms. The van der Waals surface area contributed by atoms with Gasteiger partial charge in [0.15, 0.2) is 5.96 Å². The Labute approximate surface area is 166 Å². The third-order valence-electron chi connectivity index (χ3n) is 4.55. The van der Waals surface area contributed by atoms with E-state index >= 15 is 0 Å². The molecule has 0 aliphatic heterocycles. The Morgan fingerprint density at radius 2 is 1.79 bits per heavy atom. The second-order valence-electron chi connectivity index (χ2n) is 6.97. The minimum atomic E-state index is 0.666. The van der Waals surface area contributed by atoms with Crippen molar-refractivity contribution in [2.24, 2.45) is 4.99 Å². The predicted molar refractivity (Wildman–Crippen MR) is 114 cm³/mol. The standard InChI is InChI=1S/C22H28N6/c1-16-11-17(2)13-19(12-16)7-8-25-22(23-4)27-15-20-5-6-21(26-14-20)28-10-9-24-18(28)3/h5-6,9-14H,7-8,15H2,1-4H3,(H2,23,25,27). The normalized spacial score (nSPS) is 11.5. The van der Waals surface area contributed by atoms with Crippen LogP contribution in [0.1, 0.15) is 28.1 Å². The molecular weight excluding hydrogens is 348 g/mol. The molecule has 0 radical (unpaired) electrons. The molecule has 0 saturated heterocycles. The number of rotatable bonds is 6. The number of hydrogen-bond acceptors (Lipinski definition) is 3. The van der Waals surface area contributed by atoms with Gasteiger partial charge in [0.25, 0.3) is 0 Å². The molecule has 6 nitrogen and oxygen atoms in total. The lowest BCUT2D eigenvalue weighted by atomic mass is 10.1. The molecule has 1 aromatic carbocycles. The van der Waals surface area contributed by atoms with Crippen LogP contribution < -0.4 is 10.6 Å². The first kappa shape index (κ1) is 19.6. The van der Waals surface area contributed by atoms with Crippen LogP contribution in [-0.2, 0) is 13.0 Å². The topological polar surface area (TPSA) is 67.1 Å². The summed E-state index contributed by atoms with van der Waals surface area (Å²) in [5.41, 5.74) is 5.05. The molecule has 0 unspecified atom stereocenters. The van der Waals surface area contributed by atoms with Gasteiger partial charge in [0.05, 0.1) is 0 Å². The summed E-state index contributed by atoms with van der Waals surface area (Å²) in [5, 5.41) is 6.71. The first-order chi connectivity index (χ1) is 13.5. The van der Waals surface area contributed by atoms with E-state index < -0.39 is 0 Å². The van der Waals surface area contributed by atoms with E-state index in [-0.39, 0.29) is 0 Å². The van der Waals surface area contributed by atoms with E-state index in [1.165, 1.54) is 16.7 Å². The van der Waals surface area contributed by atoms with E-state index in [1.54, 1.807) is 13.2 Å². The van der Waals surface area contributed by atoms with Crippen LogP contribution in [0.5, 0.6) is 0 Å². The van der Waals surface area contributed by atoms with Crippen molar-refractivity contribution >= 4 is 5.96 Å². The minimum absolute atomic E-state index is 0.666. The van der Waals surface area contributed by atoms with Crippen LogP contribution in [0.25, 0.3) is 5.82 Å². The van der Waals surface area contributed by atoms with Crippen LogP contribution in [0.2, 0.25) is 0 Å². The molecule has 0 saturated carbocycles. The lowest BCUT2D eigenvalue weighted by molar-refractivity contribution is 0.791. The van der Waals surface area contributed by atoms with Gasteiger partial charge in [-0.1, -0.05) is 35.4 Å². The maximum atomic E-state index is 4.53. The number of aryl methyl sites for hydroxylation is 3. The van der Waals surface area contributed by atoms with Crippen molar-refractivity contribution in [3.8, 4) is 5.82 Å². The van der Waals surface area contributed by atoms with Gasteiger partial charge in [-0.3, -0.25) is 9.56 Å². The molecule has 0 bridgehead atoms. The summed E-state index contributed by atoms with van der Waals surface area (Å²) in [7, 11) is 1.79. The molecule has 3 rings (SSSR count). The van der Waals surface area contributed by atoms with Gasteiger partial charge in [0.1, 0.15) is 11.6 Å². The monoisotopic (exact) mass is 376 g/mol. The summed E-state index contributed by atoms with van der Waals surface area (Å²) in [4.78, 5) is 13.1. The number of hydrogen-bond donors (Lipinski definition) is 2. The van der Waals surface area contributed by atoms with Gasteiger partial charge in [-0.2, -0.15) is 0 Å². The van der Waals surface area contributed by atoms with Gasteiger partial charge in [0.2, 0.25) is 0 Å². The maximum absolute atomic E-state index is 4.53. The number of benzene rings is 1. The zero-order valence-corrected chi connectivity index (χ0v) is 17.0. The van der Waals surface area contributed by atoms with Gasteiger partial charge < -0.3 is 10.6 Å². The third kappa shape index (κ3) is 5.19. The Kier molecular flexibility index (Phi) is 6.42. The first-order valence-electron chi connectivity index (χ1n) is 9.52. The molecule has 146 valence electrons. The van der Waals surface area contributed by atoms with E-state index in [0.29, 0.717) is 6.54 Å². The largest absolute Gasteiger partial charge is 0.356 e. The number of guanidine groups is 1. The Hall–Kier alpha value is -3.15. The molecule has 28 heavy (non-hydrogen) atoms. The van der Waals surface area contributed by atoms with Crippen molar-refractivity contribution in [2.45, 2.75) is 33.7 Å². The van der Waals surface area contributed by atoms with Crippen molar-refractivity contribution in [2.75, 3.05) is 13.6 Å². The van der Waals surface area contributed by atoms with Crippen LogP contribution in [0.3, 0.4) is 0 Å². The van der Waals surface area contributed by atoms with Gasteiger partial charge in [-0.05, 0) is 44.4 Å². The first-order valence-corrected chi connectivity index (χ1v) is 9.52. The fraction of sp³-hybridized carbons (Fsp3) is 0.318.